The third-order valence-corrected chi connectivity index (χ3v) is 4.52. The lowest BCUT2D eigenvalue weighted by Crippen LogP contribution is -2.40. The van der Waals surface area contributed by atoms with Gasteiger partial charge in [-0.15, -0.1) is 0 Å². The summed E-state index contributed by atoms with van der Waals surface area (Å²) < 4.78 is 15.1. The monoisotopic (exact) mass is 359 g/mol. The number of likely N-dealkylation sites (tertiary alicyclic amines) is 1. The van der Waals surface area contributed by atoms with Crippen LogP contribution in [0.1, 0.15) is 35.7 Å². The molecule has 0 atom stereocenters. The zero-order valence-electron chi connectivity index (χ0n) is 14.4. The van der Waals surface area contributed by atoms with Crippen LogP contribution in [0, 0.1) is 5.82 Å². The van der Waals surface area contributed by atoms with Crippen molar-refractivity contribution in [2.24, 2.45) is 5.73 Å². The fourth-order valence-electron chi connectivity index (χ4n) is 3.16. The summed E-state index contributed by atoms with van der Waals surface area (Å²) >= 11 is 0. The second-order valence-electron chi connectivity index (χ2n) is 6.28. The molecule has 7 nitrogen and oxygen atoms in total. The average Bonchev–Trinajstić information content (AvgIpc) is 3.10. The summed E-state index contributed by atoms with van der Waals surface area (Å²) in [5, 5.41) is 7.10. The van der Waals surface area contributed by atoms with Crippen molar-refractivity contribution < 1.29 is 14.0 Å². The molecule has 2 amide bonds. The quantitative estimate of drug-likeness (QED) is 0.851. The Morgan fingerprint density at radius 2 is 2.04 bits per heavy atom. The van der Waals surface area contributed by atoms with Crippen LogP contribution in [0.3, 0.4) is 0 Å². The first-order valence-corrected chi connectivity index (χ1v) is 8.66. The van der Waals surface area contributed by atoms with Gasteiger partial charge in [-0.1, -0.05) is 6.07 Å². The summed E-state index contributed by atoms with van der Waals surface area (Å²) in [7, 11) is 0. The smallest absolute Gasteiger partial charge is 0.256 e. The van der Waals surface area contributed by atoms with Crippen LogP contribution in [0.15, 0.2) is 36.5 Å². The van der Waals surface area contributed by atoms with E-state index in [1.807, 2.05) is 4.90 Å². The number of nitrogens with one attached hydrogen (secondary N) is 1. The van der Waals surface area contributed by atoms with Crippen molar-refractivity contribution in [1.29, 1.82) is 0 Å². The molecular weight excluding hydrogens is 337 g/mol. The minimum Gasteiger partial charge on any atom is -0.343 e. The van der Waals surface area contributed by atoms with Gasteiger partial charge in [0.2, 0.25) is 5.91 Å². The highest BCUT2D eigenvalue weighted by molar-refractivity contribution is 6.03. The molecule has 3 rings (SSSR count). The third-order valence-electron chi connectivity index (χ3n) is 4.52. The van der Waals surface area contributed by atoms with E-state index >= 15 is 0 Å². The highest BCUT2D eigenvalue weighted by Gasteiger charge is 2.25. The fraction of sp³-hybridized carbons (Fsp3) is 0.389. The van der Waals surface area contributed by atoms with E-state index in [-0.39, 0.29) is 23.4 Å². The van der Waals surface area contributed by atoms with Crippen molar-refractivity contribution >= 4 is 17.6 Å². The first kappa shape index (κ1) is 18.1. The number of carbonyl (C=O) groups is 2. The number of piperidine rings is 1. The van der Waals surface area contributed by atoms with Crippen LogP contribution in [0.5, 0.6) is 0 Å². The molecule has 1 aliphatic rings. The van der Waals surface area contributed by atoms with Crippen molar-refractivity contribution in [3.05, 3.63) is 47.9 Å². The maximum Gasteiger partial charge on any atom is 0.256 e. The summed E-state index contributed by atoms with van der Waals surface area (Å²) in [6.45, 7) is 1.63. The highest BCUT2D eigenvalue weighted by Crippen LogP contribution is 2.26. The first-order valence-electron chi connectivity index (χ1n) is 8.66. The van der Waals surface area contributed by atoms with E-state index in [0.29, 0.717) is 31.9 Å². The first-order chi connectivity index (χ1) is 12.6. The molecule has 138 valence electrons. The van der Waals surface area contributed by atoms with Crippen LogP contribution in [0.4, 0.5) is 10.2 Å². The van der Waals surface area contributed by atoms with Gasteiger partial charge in [-0.25, -0.2) is 9.07 Å². The lowest BCUT2D eigenvalue weighted by molar-refractivity contribution is -0.132. The summed E-state index contributed by atoms with van der Waals surface area (Å²) in [5.41, 5.74) is 5.69. The van der Waals surface area contributed by atoms with Crippen molar-refractivity contribution in [2.75, 3.05) is 25.0 Å². The maximum atomic E-state index is 13.3. The standard InChI is InChI=1S/C18H22FN5O2/c19-14-3-1-2-13(12-14)18(26)22-16-5-9-21-24(16)15-6-10-23(11-7-15)17(25)4-8-20/h1-3,5,9,12,15H,4,6-8,10-11,20H2,(H,22,26). The molecule has 1 aromatic heterocycles. The molecule has 1 fully saturated rings. The Morgan fingerprint density at radius 1 is 1.27 bits per heavy atom. The van der Waals surface area contributed by atoms with Gasteiger partial charge in [0.1, 0.15) is 11.6 Å². The van der Waals surface area contributed by atoms with Gasteiger partial charge in [-0.3, -0.25) is 9.59 Å². The molecule has 1 aliphatic heterocycles. The number of carbonyl (C=O) groups excluding carboxylic acids is 2. The fourth-order valence-corrected chi connectivity index (χ4v) is 3.16. The van der Waals surface area contributed by atoms with Gasteiger partial charge >= 0.3 is 0 Å². The molecule has 0 spiro atoms. The van der Waals surface area contributed by atoms with Gasteiger partial charge in [0.25, 0.3) is 5.91 Å². The molecular formula is C18H22FN5O2. The summed E-state index contributed by atoms with van der Waals surface area (Å²) in [6.07, 6.45) is 3.48. The molecule has 0 radical (unpaired) electrons. The van der Waals surface area contributed by atoms with Crippen LogP contribution >= 0.6 is 0 Å². The van der Waals surface area contributed by atoms with Gasteiger partial charge in [0.05, 0.1) is 12.2 Å². The van der Waals surface area contributed by atoms with E-state index < -0.39 is 5.82 Å². The Labute approximate surface area is 151 Å². The molecule has 1 saturated heterocycles. The molecule has 2 aromatic rings. The van der Waals surface area contributed by atoms with Crippen LogP contribution in [-0.2, 0) is 4.79 Å². The molecule has 0 saturated carbocycles. The van der Waals surface area contributed by atoms with Crippen LogP contribution in [0.2, 0.25) is 0 Å². The van der Waals surface area contributed by atoms with Gasteiger partial charge < -0.3 is 16.0 Å². The number of halogens is 1. The normalized spacial score (nSPS) is 15.1. The predicted molar refractivity (Wildman–Crippen MR) is 95.1 cm³/mol. The number of nitrogens with zero attached hydrogens (tertiary/aromatic N) is 3. The van der Waals surface area contributed by atoms with E-state index in [4.69, 9.17) is 5.73 Å². The van der Waals surface area contributed by atoms with Gasteiger partial charge in [-0.05, 0) is 31.0 Å². The molecule has 3 N–H and O–H groups in total. The van der Waals surface area contributed by atoms with E-state index in [1.165, 1.54) is 18.2 Å². The minimum absolute atomic E-state index is 0.0750. The molecule has 1 aromatic carbocycles. The molecule has 0 aliphatic carbocycles. The maximum absolute atomic E-state index is 13.3. The number of anilines is 1. The van der Waals surface area contributed by atoms with Crippen LogP contribution in [0.25, 0.3) is 0 Å². The Balaban J connectivity index is 1.64. The Bertz CT molecular complexity index is 783. The summed E-state index contributed by atoms with van der Waals surface area (Å²) in [5.74, 6) is -0.209. The van der Waals surface area contributed by atoms with Gasteiger partial charge in [0.15, 0.2) is 0 Å². The molecule has 8 heteroatoms. The lowest BCUT2D eigenvalue weighted by atomic mass is 10.0. The van der Waals surface area contributed by atoms with Gasteiger partial charge in [-0.2, -0.15) is 5.10 Å². The number of hydrogen-bond acceptors (Lipinski definition) is 4. The van der Waals surface area contributed by atoms with Crippen LogP contribution < -0.4 is 11.1 Å². The molecule has 0 unspecified atom stereocenters. The molecule has 26 heavy (non-hydrogen) atoms. The van der Waals surface area contributed by atoms with Crippen molar-refractivity contribution in [3.8, 4) is 0 Å². The minimum atomic E-state index is -0.458. The number of nitrogens with two attached hydrogens (primary N) is 1. The zero-order chi connectivity index (χ0) is 18.5. The van der Waals surface area contributed by atoms with Crippen molar-refractivity contribution in [2.45, 2.75) is 25.3 Å². The topological polar surface area (TPSA) is 93.2 Å². The second-order valence-corrected chi connectivity index (χ2v) is 6.28. The number of hydrogen-bond donors (Lipinski definition) is 2. The Morgan fingerprint density at radius 3 is 2.73 bits per heavy atom. The van der Waals surface area contributed by atoms with E-state index in [9.17, 15) is 14.0 Å². The average molecular weight is 359 g/mol. The zero-order valence-corrected chi connectivity index (χ0v) is 14.4. The predicted octanol–water partition coefficient (Wildman–Crippen LogP) is 1.79. The third kappa shape index (κ3) is 4.08. The van der Waals surface area contributed by atoms with Crippen molar-refractivity contribution in [1.82, 2.24) is 14.7 Å². The van der Waals surface area contributed by atoms with E-state index in [1.54, 1.807) is 23.0 Å². The number of aromatic nitrogens is 2. The second kappa shape index (κ2) is 8.09. The van der Waals surface area contributed by atoms with E-state index in [2.05, 4.69) is 10.4 Å². The highest BCUT2D eigenvalue weighted by atomic mass is 19.1. The molecule has 2 heterocycles. The number of amides is 2. The summed E-state index contributed by atoms with van der Waals surface area (Å²) in [6, 6.07) is 7.34. The molecule has 0 bridgehead atoms. The SMILES string of the molecule is NCCC(=O)N1CCC(n2nccc2NC(=O)c2cccc(F)c2)CC1. The largest absolute Gasteiger partial charge is 0.343 e. The Kier molecular flexibility index (Phi) is 5.62. The number of rotatable bonds is 5. The van der Waals surface area contributed by atoms with Crippen LogP contribution in [-0.4, -0.2) is 46.1 Å². The Hall–Kier alpha value is -2.74. The van der Waals surface area contributed by atoms with Gasteiger partial charge in [0, 0.05) is 37.7 Å². The lowest BCUT2D eigenvalue weighted by Gasteiger charge is -2.32. The summed E-state index contributed by atoms with van der Waals surface area (Å²) in [4.78, 5) is 26.1. The number of benzene rings is 1. The van der Waals surface area contributed by atoms with Crippen molar-refractivity contribution in [3.63, 3.8) is 0 Å². The van der Waals surface area contributed by atoms with E-state index in [0.717, 1.165) is 12.8 Å².